The summed E-state index contributed by atoms with van der Waals surface area (Å²) in [6, 6.07) is 0. The van der Waals surface area contributed by atoms with Gasteiger partial charge in [0.05, 0.1) is 5.41 Å². The number of carbonyl (C=O) groups excluding carboxylic acids is 3. The second kappa shape index (κ2) is 5.16. The molecule has 1 rings (SSSR count). The zero-order valence-corrected chi connectivity index (χ0v) is 10.3. The number of hydrogen-bond donors (Lipinski definition) is 0. The van der Waals surface area contributed by atoms with Gasteiger partial charge >= 0.3 is 11.9 Å². The number of esters is 2. The summed E-state index contributed by atoms with van der Waals surface area (Å²) in [5, 5.41) is 0. The summed E-state index contributed by atoms with van der Waals surface area (Å²) in [6.45, 7) is 5.21. The maximum Gasteiger partial charge on any atom is 0.328 e. The smallest absolute Gasteiger partial charge is 0.328 e. The standard InChI is InChI=1S/C11H17NO5/c1-11(2,3)10(15)17-7-16-9(14)6-12-5-4-8(12)13/h4-7H2,1-3H3. The summed E-state index contributed by atoms with van der Waals surface area (Å²) >= 11 is 0. The van der Waals surface area contributed by atoms with Crippen molar-refractivity contribution in [1.82, 2.24) is 4.90 Å². The quantitative estimate of drug-likeness (QED) is 0.403. The fraction of sp³-hybridized carbons (Fsp3) is 0.727. The van der Waals surface area contributed by atoms with Crippen molar-refractivity contribution in [2.24, 2.45) is 5.41 Å². The van der Waals surface area contributed by atoms with Gasteiger partial charge in [-0.2, -0.15) is 0 Å². The molecule has 1 aliphatic heterocycles. The summed E-state index contributed by atoms with van der Waals surface area (Å²) in [5.74, 6) is -1.07. The highest BCUT2D eigenvalue weighted by molar-refractivity contribution is 5.86. The number of nitrogens with zero attached hydrogens (tertiary/aromatic N) is 1. The van der Waals surface area contributed by atoms with E-state index in [-0.39, 0.29) is 12.5 Å². The van der Waals surface area contributed by atoms with Crippen molar-refractivity contribution < 1.29 is 23.9 Å². The van der Waals surface area contributed by atoms with E-state index in [0.29, 0.717) is 13.0 Å². The van der Waals surface area contributed by atoms with E-state index >= 15 is 0 Å². The van der Waals surface area contributed by atoms with Gasteiger partial charge in [-0.15, -0.1) is 0 Å². The molecule has 1 heterocycles. The Bertz CT molecular complexity index is 331. The molecule has 17 heavy (non-hydrogen) atoms. The van der Waals surface area contributed by atoms with Crippen LogP contribution >= 0.6 is 0 Å². The van der Waals surface area contributed by atoms with Crippen molar-refractivity contribution in [3.8, 4) is 0 Å². The van der Waals surface area contributed by atoms with Crippen molar-refractivity contribution in [2.75, 3.05) is 19.9 Å². The molecule has 6 nitrogen and oxygen atoms in total. The Hall–Kier alpha value is -1.59. The molecule has 1 amide bonds. The first kappa shape index (κ1) is 13.5. The molecular weight excluding hydrogens is 226 g/mol. The number of amides is 1. The molecule has 0 bridgehead atoms. The average molecular weight is 243 g/mol. The largest absolute Gasteiger partial charge is 0.427 e. The van der Waals surface area contributed by atoms with E-state index < -0.39 is 24.1 Å². The van der Waals surface area contributed by atoms with Gasteiger partial charge in [-0.3, -0.25) is 14.4 Å². The molecule has 0 N–H and O–H groups in total. The van der Waals surface area contributed by atoms with Gasteiger partial charge < -0.3 is 14.4 Å². The second-order valence-corrected chi connectivity index (χ2v) is 4.88. The first-order valence-corrected chi connectivity index (χ1v) is 5.41. The van der Waals surface area contributed by atoms with Crippen molar-refractivity contribution >= 4 is 17.8 Å². The molecule has 0 unspecified atom stereocenters. The van der Waals surface area contributed by atoms with Gasteiger partial charge in [0.2, 0.25) is 12.7 Å². The van der Waals surface area contributed by atoms with E-state index in [1.165, 1.54) is 4.90 Å². The molecule has 1 fully saturated rings. The van der Waals surface area contributed by atoms with Crippen LogP contribution in [0.3, 0.4) is 0 Å². The third-order valence-corrected chi connectivity index (χ3v) is 2.29. The van der Waals surface area contributed by atoms with Crippen LogP contribution < -0.4 is 0 Å². The lowest BCUT2D eigenvalue weighted by Crippen LogP contribution is -2.46. The fourth-order valence-electron chi connectivity index (χ4n) is 1.10. The molecule has 1 saturated heterocycles. The minimum Gasteiger partial charge on any atom is -0.427 e. The number of rotatable bonds is 4. The molecule has 0 aromatic rings. The SMILES string of the molecule is CC(C)(C)C(=O)OCOC(=O)CN1CCC1=O. The highest BCUT2D eigenvalue weighted by Gasteiger charge is 2.27. The third-order valence-electron chi connectivity index (χ3n) is 2.29. The predicted octanol–water partition coefficient (Wildman–Crippen LogP) is 0.309. The molecule has 0 aliphatic carbocycles. The first-order valence-electron chi connectivity index (χ1n) is 5.41. The second-order valence-electron chi connectivity index (χ2n) is 4.88. The highest BCUT2D eigenvalue weighted by atomic mass is 16.7. The lowest BCUT2D eigenvalue weighted by Gasteiger charge is -2.29. The zero-order chi connectivity index (χ0) is 13.1. The summed E-state index contributed by atoms with van der Waals surface area (Å²) in [4.78, 5) is 34.8. The Morgan fingerprint density at radius 3 is 2.35 bits per heavy atom. The van der Waals surface area contributed by atoms with Gasteiger partial charge in [0, 0.05) is 13.0 Å². The summed E-state index contributed by atoms with van der Waals surface area (Å²) in [6.07, 6.45) is 0.478. The molecular formula is C11H17NO5. The topological polar surface area (TPSA) is 72.9 Å². The van der Waals surface area contributed by atoms with Gasteiger partial charge in [0.1, 0.15) is 6.54 Å². The maximum absolute atomic E-state index is 11.3. The summed E-state index contributed by atoms with van der Waals surface area (Å²) < 4.78 is 9.44. The van der Waals surface area contributed by atoms with Crippen LogP contribution in [0, 0.1) is 5.41 Å². The minimum absolute atomic E-state index is 0.0614. The van der Waals surface area contributed by atoms with Gasteiger partial charge in [-0.1, -0.05) is 0 Å². The summed E-state index contributed by atoms with van der Waals surface area (Å²) in [5.41, 5.74) is -0.625. The normalized spacial score (nSPS) is 15.2. The monoisotopic (exact) mass is 243 g/mol. The van der Waals surface area contributed by atoms with E-state index in [9.17, 15) is 14.4 Å². The Labute approximate surface area is 99.9 Å². The van der Waals surface area contributed by atoms with E-state index in [1.807, 2.05) is 0 Å². The van der Waals surface area contributed by atoms with Gasteiger partial charge in [0.15, 0.2) is 0 Å². The Kier molecular flexibility index (Phi) is 4.09. The number of carbonyl (C=O) groups is 3. The van der Waals surface area contributed by atoms with Gasteiger partial charge in [0.25, 0.3) is 0 Å². The van der Waals surface area contributed by atoms with E-state index in [1.54, 1.807) is 20.8 Å². The molecule has 96 valence electrons. The van der Waals surface area contributed by atoms with E-state index in [2.05, 4.69) is 4.74 Å². The van der Waals surface area contributed by atoms with Crippen LogP contribution in [-0.2, 0) is 23.9 Å². The average Bonchev–Trinajstić information content (AvgIpc) is 2.22. The molecule has 6 heteroatoms. The van der Waals surface area contributed by atoms with Crippen LogP contribution in [0.5, 0.6) is 0 Å². The first-order chi connectivity index (χ1) is 7.80. The zero-order valence-electron chi connectivity index (χ0n) is 10.3. The Morgan fingerprint density at radius 1 is 1.29 bits per heavy atom. The Morgan fingerprint density at radius 2 is 1.94 bits per heavy atom. The number of likely N-dealkylation sites (tertiary alicyclic amines) is 1. The maximum atomic E-state index is 11.3. The summed E-state index contributed by atoms with van der Waals surface area (Å²) in [7, 11) is 0. The minimum atomic E-state index is -0.625. The van der Waals surface area contributed by atoms with Crippen molar-refractivity contribution in [3.63, 3.8) is 0 Å². The molecule has 0 spiro atoms. The molecule has 0 radical (unpaired) electrons. The lowest BCUT2D eigenvalue weighted by atomic mass is 9.98. The lowest BCUT2D eigenvalue weighted by molar-refractivity contribution is -0.175. The number of hydrogen-bond acceptors (Lipinski definition) is 5. The number of β-lactam (4-membered cyclic amide) rings is 1. The van der Waals surface area contributed by atoms with Crippen LogP contribution in [0.4, 0.5) is 0 Å². The molecule has 0 atom stereocenters. The molecule has 0 saturated carbocycles. The van der Waals surface area contributed by atoms with Gasteiger partial charge in [-0.05, 0) is 20.8 Å². The number of ether oxygens (including phenoxy) is 2. The van der Waals surface area contributed by atoms with Gasteiger partial charge in [-0.25, -0.2) is 0 Å². The van der Waals surface area contributed by atoms with E-state index in [0.717, 1.165) is 0 Å². The molecule has 1 aliphatic rings. The van der Waals surface area contributed by atoms with Crippen LogP contribution in [0.1, 0.15) is 27.2 Å². The molecule has 0 aromatic heterocycles. The third kappa shape index (κ3) is 4.05. The van der Waals surface area contributed by atoms with Crippen LogP contribution in [0.25, 0.3) is 0 Å². The van der Waals surface area contributed by atoms with Crippen molar-refractivity contribution in [2.45, 2.75) is 27.2 Å². The van der Waals surface area contributed by atoms with Crippen molar-refractivity contribution in [1.29, 1.82) is 0 Å². The Balaban J connectivity index is 2.16. The van der Waals surface area contributed by atoms with Crippen LogP contribution in [-0.4, -0.2) is 42.6 Å². The molecule has 0 aromatic carbocycles. The fourth-order valence-corrected chi connectivity index (χ4v) is 1.10. The highest BCUT2D eigenvalue weighted by Crippen LogP contribution is 2.15. The van der Waals surface area contributed by atoms with Crippen LogP contribution in [0.2, 0.25) is 0 Å². The predicted molar refractivity (Wildman–Crippen MR) is 57.7 cm³/mol. The van der Waals surface area contributed by atoms with Crippen LogP contribution in [0.15, 0.2) is 0 Å². The van der Waals surface area contributed by atoms with Crippen molar-refractivity contribution in [3.05, 3.63) is 0 Å². The van der Waals surface area contributed by atoms with E-state index in [4.69, 9.17) is 4.74 Å².